The highest BCUT2D eigenvalue weighted by atomic mass is 16.6. The topological polar surface area (TPSA) is 30.5 Å². The maximum atomic E-state index is 6.14. The van der Waals surface area contributed by atoms with Crippen molar-refractivity contribution in [3.05, 3.63) is 24.3 Å². The zero-order chi connectivity index (χ0) is 13.8. The second-order valence-corrected chi connectivity index (χ2v) is 6.05. The summed E-state index contributed by atoms with van der Waals surface area (Å²) in [6.45, 7) is 0.648. The van der Waals surface area contributed by atoms with Gasteiger partial charge in [-0.2, -0.15) is 0 Å². The Morgan fingerprint density at radius 3 is 2.65 bits per heavy atom. The Hall–Kier alpha value is -1.22. The van der Waals surface area contributed by atoms with E-state index in [-0.39, 0.29) is 6.10 Å². The number of rotatable bonds is 4. The predicted octanol–water partition coefficient (Wildman–Crippen LogP) is 3.38. The fourth-order valence-corrected chi connectivity index (χ4v) is 3.47. The summed E-state index contributed by atoms with van der Waals surface area (Å²) in [7, 11) is 2.04. The first-order chi connectivity index (χ1) is 9.86. The van der Waals surface area contributed by atoms with Gasteiger partial charge in [-0.1, -0.05) is 44.2 Å². The van der Waals surface area contributed by atoms with Crippen molar-refractivity contribution in [1.29, 1.82) is 0 Å². The molecule has 0 saturated heterocycles. The van der Waals surface area contributed by atoms with Gasteiger partial charge in [0.1, 0.15) is 12.7 Å². The molecule has 2 atom stereocenters. The van der Waals surface area contributed by atoms with Crippen molar-refractivity contribution in [3.63, 3.8) is 0 Å². The number of hydrogen-bond acceptors (Lipinski definition) is 3. The number of fused-ring (bicyclic) bond motifs is 1. The molecule has 3 nitrogen and oxygen atoms in total. The van der Waals surface area contributed by atoms with E-state index in [1.807, 2.05) is 31.3 Å². The highest BCUT2D eigenvalue weighted by Crippen LogP contribution is 2.34. The van der Waals surface area contributed by atoms with Gasteiger partial charge >= 0.3 is 0 Å². The average Bonchev–Trinajstić information content (AvgIpc) is 2.53. The van der Waals surface area contributed by atoms with E-state index in [4.69, 9.17) is 9.47 Å². The van der Waals surface area contributed by atoms with Crippen LogP contribution in [0.15, 0.2) is 24.3 Å². The van der Waals surface area contributed by atoms with E-state index in [9.17, 15) is 0 Å². The molecule has 1 aliphatic carbocycles. The van der Waals surface area contributed by atoms with Crippen molar-refractivity contribution in [2.24, 2.45) is 5.92 Å². The van der Waals surface area contributed by atoms with Crippen LogP contribution in [-0.4, -0.2) is 25.8 Å². The third kappa shape index (κ3) is 3.09. The lowest BCUT2D eigenvalue weighted by atomic mass is 9.83. The molecule has 0 amide bonds. The van der Waals surface area contributed by atoms with E-state index < -0.39 is 0 Å². The molecule has 1 N–H and O–H groups in total. The molecule has 3 heteroatoms. The van der Waals surface area contributed by atoms with Crippen LogP contribution in [0, 0.1) is 5.92 Å². The third-order valence-electron chi connectivity index (χ3n) is 4.66. The molecule has 2 aliphatic rings. The minimum Gasteiger partial charge on any atom is -0.486 e. The molecule has 2 unspecified atom stereocenters. The number of nitrogens with one attached hydrogen (secondary N) is 1. The summed E-state index contributed by atoms with van der Waals surface area (Å²) in [5.74, 6) is 2.60. The molecule has 0 spiro atoms. The van der Waals surface area contributed by atoms with E-state index in [1.54, 1.807) is 0 Å². The minimum atomic E-state index is 0.122. The highest BCUT2D eigenvalue weighted by molar-refractivity contribution is 5.40. The number of benzene rings is 1. The summed E-state index contributed by atoms with van der Waals surface area (Å²) >= 11 is 0. The van der Waals surface area contributed by atoms with Crippen LogP contribution in [0.1, 0.15) is 38.5 Å². The molecule has 1 saturated carbocycles. The van der Waals surface area contributed by atoms with E-state index in [0.29, 0.717) is 12.6 Å². The van der Waals surface area contributed by atoms with Crippen molar-refractivity contribution < 1.29 is 9.47 Å². The SMILES string of the molecule is CNC(CC1CCCCC1)C1COc2ccccc2O1. The Balaban J connectivity index is 1.62. The van der Waals surface area contributed by atoms with Gasteiger partial charge in [-0.25, -0.2) is 0 Å². The Labute approximate surface area is 121 Å². The molecule has 1 aromatic carbocycles. The first kappa shape index (κ1) is 13.7. The van der Waals surface area contributed by atoms with Crippen molar-refractivity contribution in [2.45, 2.75) is 50.7 Å². The molecule has 0 radical (unpaired) electrons. The minimum absolute atomic E-state index is 0.122. The van der Waals surface area contributed by atoms with E-state index in [1.165, 1.54) is 38.5 Å². The first-order valence-corrected chi connectivity index (χ1v) is 7.92. The first-order valence-electron chi connectivity index (χ1n) is 7.92. The molecular weight excluding hydrogens is 250 g/mol. The normalized spacial score (nSPS) is 24.4. The molecule has 0 bridgehead atoms. The van der Waals surface area contributed by atoms with Gasteiger partial charge in [-0.05, 0) is 31.5 Å². The number of para-hydroxylation sites is 2. The summed E-state index contributed by atoms with van der Waals surface area (Å²) in [4.78, 5) is 0. The number of likely N-dealkylation sites (N-methyl/N-ethyl adjacent to an activating group) is 1. The molecule has 0 aromatic heterocycles. The summed E-state index contributed by atoms with van der Waals surface area (Å²) in [5.41, 5.74) is 0. The van der Waals surface area contributed by atoms with Crippen molar-refractivity contribution in [2.75, 3.05) is 13.7 Å². The zero-order valence-corrected chi connectivity index (χ0v) is 12.3. The lowest BCUT2D eigenvalue weighted by Crippen LogP contribution is -2.47. The van der Waals surface area contributed by atoms with Gasteiger partial charge in [0, 0.05) is 6.04 Å². The van der Waals surface area contributed by atoms with Crippen molar-refractivity contribution >= 4 is 0 Å². The second-order valence-electron chi connectivity index (χ2n) is 6.05. The smallest absolute Gasteiger partial charge is 0.161 e. The van der Waals surface area contributed by atoms with E-state index in [2.05, 4.69) is 5.32 Å². The van der Waals surface area contributed by atoms with Crippen LogP contribution in [0.25, 0.3) is 0 Å². The molecule has 110 valence electrons. The van der Waals surface area contributed by atoms with Crippen LogP contribution in [0.4, 0.5) is 0 Å². The highest BCUT2D eigenvalue weighted by Gasteiger charge is 2.30. The maximum Gasteiger partial charge on any atom is 0.161 e. The van der Waals surface area contributed by atoms with Gasteiger partial charge in [0.15, 0.2) is 11.5 Å². The summed E-state index contributed by atoms with van der Waals surface area (Å²) in [6.07, 6.45) is 8.28. The molecule has 1 heterocycles. The predicted molar refractivity (Wildman–Crippen MR) is 80.4 cm³/mol. The Morgan fingerprint density at radius 1 is 1.15 bits per heavy atom. The van der Waals surface area contributed by atoms with Crippen LogP contribution in [-0.2, 0) is 0 Å². The molecule has 1 aromatic rings. The number of ether oxygens (including phenoxy) is 2. The lowest BCUT2D eigenvalue weighted by Gasteiger charge is -2.34. The monoisotopic (exact) mass is 275 g/mol. The van der Waals surface area contributed by atoms with Gasteiger partial charge < -0.3 is 14.8 Å². The number of hydrogen-bond donors (Lipinski definition) is 1. The van der Waals surface area contributed by atoms with Gasteiger partial charge in [0.25, 0.3) is 0 Å². The van der Waals surface area contributed by atoms with Crippen molar-refractivity contribution in [3.8, 4) is 11.5 Å². The van der Waals surface area contributed by atoms with Gasteiger partial charge in [-0.15, -0.1) is 0 Å². The van der Waals surface area contributed by atoms with Gasteiger partial charge in [0.2, 0.25) is 0 Å². The summed E-state index contributed by atoms with van der Waals surface area (Å²) in [5, 5.41) is 3.44. The van der Waals surface area contributed by atoms with Crippen LogP contribution in [0.5, 0.6) is 11.5 Å². The van der Waals surface area contributed by atoms with E-state index >= 15 is 0 Å². The standard InChI is InChI=1S/C17H25NO2/c1-18-14(11-13-7-3-2-4-8-13)17-12-19-15-9-5-6-10-16(15)20-17/h5-6,9-10,13-14,17-18H,2-4,7-8,11-12H2,1H3. The van der Waals surface area contributed by atoms with E-state index in [0.717, 1.165) is 17.4 Å². The zero-order valence-electron chi connectivity index (χ0n) is 12.3. The maximum absolute atomic E-state index is 6.14. The second kappa shape index (κ2) is 6.49. The van der Waals surface area contributed by atoms with Crippen LogP contribution in [0.3, 0.4) is 0 Å². The molecule has 20 heavy (non-hydrogen) atoms. The summed E-state index contributed by atoms with van der Waals surface area (Å²) in [6, 6.07) is 8.34. The lowest BCUT2D eigenvalue weighted by molar-refractivity contribution is 0.0546. The van der Waals surface area contributed by atoms with Gasteiger partial charge in [-0.3, -0.25) is 0 Å². The van der Waals surface area contributed by atoms with Crippen molar-refractivity contribution in [1.82, 2.24) is 5.32 Å². The van der Waals surface area contributed by atoms with Crippen LogP contribution >= 0.6 is 0 Å². The molecule has 3 rings (SSSR count). The molecule has 1 aliphatic heterocycles. The fraction of sp³-hybridized carbons (Fsp3) is 0.647. The Bertz CT molecular complexity index is 429. The Kier molecular flexibility index (Phi) is 4.46. The molecule has 1 fully saturated rings. The van der Waals surface area contributed by atoms with Crippen LogP contribution < -0.4 is 14.8 Å². The van der Waals surface area contributed by atoms with Gasteiger partial charge in [0.05, 0.1) is 0 Å². The molecular formula is C17H25NO2. The van der Waals surface area contributed by atoms with Crippen LogP contribution in [0.2, 0.25) is 0 Å². The fourth-order valence-electron chi connectivity index (χ4n) is 3.47. The summed E-state index contributed by atoms with van der Waals surface area (Å²) < 4.78 is 12.0. The Morgan fingerprint density at radius 2 is 1.90 bits per heavy atom. The largest absolute Gasteiger partial charge is 0.486 e. The third-order valence-corrected chi connectivity index (χ3v) is 4.66. The quantitative estimate of drug-likeness (QED) is 0.913. The average molecular weight is 275 g/mol.